The Morgan fingerprint density at radius 1 is 0.880 bits per heavy atom. The zero-order valence-electron chi connectivity index (χ0n) is 12.7. The van der Waals surface area contributed by atoms with E-state index in [0.717, 1.165) is 23.1 Å². The summed E-state index contributed by atoms with van der Waals surface area (Å²) in [5.74, 6) is -2.96. The van der Waals surface area contributed by atoms with Gasteiger partial charge in [-0.2, -0.15) is 0 Å². The van der Waals surface area contributed by atoms with Gasteiger partial charge in [0.15, 0.2) is 11.6 Å². The number of amides is 2. The van der Waals surface area contributed by atoms with E-state index in [9.17, 15) is 26.8 Å². The quantitative estimate of drug-likeness (QED) is 0.843. The van der Waals surface area contributed by atoms with Crippen molar-refractivity contribution in [3.63, 3.8) is 0 Å². The van der Waals surface area contributed by atoms with Crippen LogP contribution in [-0.2, 0) is 19.6 Å². The van der Waals surface area contributed by atoms with Crippen molar-refractivity contribution in [2.45, 2.75) is 17.7 Å². The van der Waals surface area contributed by atoms with Gasteiger partial charge in [-0.05, 0) is 36.4 Å². The maximum atomic E-state index is 13.2. The molecule has 2 amide bonds. The lowest BCUT2D eigenvalue weighted by molar-refractivity contribution is -0.121. The van der Waals surface area contributed by atoms with Crippen molar-refractivity contribution in [3.8, 4) is 0 Å². The largest absolute Gasteiger partial charge is 0.280 e. The molecule has 0 atom stereocenters. The molecule has 2 aromatic carbocycles. The second-order valence-electron chi connectivity index (χ2n) is 5.35. The predicted molar refractivity (Wildman–Crippen MR) is 85.3 cm³/mol. The number of hydrogen-bond acceptors (Lipinski definition) is 4. The van der Waals surface area contributed by atoms with Crippen LogP contribution in [0.1, 0.15) is 12.8 Å². The third kappa shape index (κ3) is 3.36. The molecule has 1 aliphatic heterocycles. The average molecular weight is 366 g/mol. The SMILES string of the molecule is O=C1CCC(=O)N1c1ccc(S(=O)(=O)Nc2ccc(F)c(F)c2)cc1. The van der Waals surface area contributed by atoms with E-state index in [-0.39, 0.29) is 40.9 Å². The molecule has 0 unspecified atom stereocenters. The van der Waals surface area contributed by atoms with Crippen molar-refractivity contribution in [3.05, 3.63) is 54.1 Å². The smallest absolute Gasteiger partial charge is 0.261 e. The van der Waals surface area contributed by atoms with Gasteiger partial charge in [0.05, 0.1) is 16.3 Å². The molecule has 0 spiro atoms. The van der Waals surface area contributed by atoms with Crippen LogP contribution in [0.4, 0.5) is 20.2 Å². The van der Waals surface area contributed by atoms with Crippen molar-refractivity contribution >= 4 is 33.2 Å². The summed E-state index contributed by atoms with van der Waals surface area (Å²) < 4.78 is 52.8. The van der Waals surface area contributed by atoms with Crippen LogP contribution in [0.3, 0.4) is 0 Å². The Balaban J connectivity index is 1.84. The van der Waals surface area contributed by atoms with Crippen molar-refractivity contribution in [2.75, 3.05) is 9.62 Å². The molecule has 0 bridgehead atoms. The Kier molecular flexibility index (Phi) is 4.25. The van der Waals surface area contributed by atoms with E-state index in [0.29, 0.717) is 0 Å². The Morgan fingerprint density at radius 3 is 2.04 bits per heavy atom. The fourth-order valence-corrected chi connectivity index (χ4v) is 3.46. The molecule has 0 radical (unpaired) electrons. The molecule has 1 heterocycles. The highest BCUT2D eigenvalue weighted by molar-refractivity contribution is 7.92. The highest BCUT2D eigenvalue weighted by Gasteiger charge is 2.30. The first-order valence-electron chi connectivity index (χ1n) is 7.22. The van der Waals surface area contributed by atoms with Crippen LogP contribution in [0.2, 0.25) is 0 Å². The Labute approximate surface area is 142 Å². The van der Waals surface area contributed by atoms with Gasteiger partial charge in [0.2, 0.25) is 11.8 Å². The summed E-state index contributed by atoms with van der Waals surface area (Å²) in [6.07, 6.45) is 0.243. The van der Waals surface area contributed by atoms with Crippen LogP contribution in [0.15, 0.2) is 47.4 Å². The number of carbonyl (C=O) groups excluding carboxylic acids is 2. The van der Waals surface area contributed by atoms with E-state index < -0.39 is 21.7 Å². The maximum Gasteiger partial charge on any atom is 0.261 e. The fourth-order valence-electron chi connectivity index (χ4n) is 2.41. The van der Waals surface area contributed by atoms with Gasteiger partial charge in [-0.25, -0.2) is 17.2 Å². The second kappa shape index (κ2) is 6.25. The Bertz CT molecular complexity index is 943. The van der Waals surface area contributed by atoms with E-state index >= 15 is 0 Å². The summed E-state index contributed by atoms with van der Waals surface area (Å²) in [4.78, 5) is 24.2. The van der Waals surface area contributed by atoms with E-state index in [2.05, 4.69) is 4.72 Å². The zero-order chi connectivity index (χ0) is 18.2. The lowest BCUT2D eigenvalue weighted by Gasteiger charge is -2.14. The molecule has 0 saturated carbocycles. The number of nitrogens with one attached hydrogen (secondary N) is 1. The minimum absolute atomic E-state index is 0.122. The number of carbonyl (C=O) groups is 2. The Hall–Kier alpha value is -2.81. The third-order valence-corrected chi connectivity index (χ3v) is 5.03. The normalized spacial score (nSPS) is 14.9. The van der Waals surface area contributed by atoms with Gasteiger partial charge in [-0.15, -0.1) is 0 Å². The first-order chi connectivity index (χ1) is 11.8. The van der Waals surface area contributed by atoms with E-state index in [1.807, 2.05) is 0 Å². The van der Waals surface area contributed by atoms with Crippen LogP contribution in [0, 0.1) is 11.6 Å². The molecule has 1 fully saturated rings. The topological polar surface area (TPSA) is 83.6 Å². The molecular weight excluding hydrogens is 354 g/mol. The zero-order valence-corrected chi connectivity index (χ0v) is 13.5. The van der Waals surface area contributed by atoms with Gasteiger partial charge in [0.1, 0.15) is 0 Å². The fraction of sp³-hybridized carbons (Fsp3) is 0.125. The van der Waals surface area contributed by atoms with E-state index in [1.54, 1.807) is 0 Å². The summed E-state index contributed by atoms with van der Waals surface area (Å²) >= 11 is 0. The first-order valence-corrected chi connectivity index (χ1v) is 8.70. The van der Waals surface area contributed by atoms with Crippen LogP contribution in [0.5, 0.6) is 0 Å². The predicted octanol–water partition coefficient (Wildman–Crippen LogP) is 2.42. The molecule has 1 N–H and O–H groups in total. The molecule has 25 heavy (non-hydrogen) atoms. The van der Waals surface area contributed by atoms with Crippen molar-refractivity contribution in [1.82, 2.24) is 0 Å². The average Bonchev–Trinajstić information content (AvgIpc) is 2.90. The number of benzene rings is 2. The van der Waals surface area contributed by atoms with Crippen LogP contribution >= 0.6 is 0 Å². The van der Waals surface area contributed by atoms with Crippen LogP contribution in [-0.4, -0.2) is 20.2 Å². The van der Waals surface area contributed by atoms with Crippen molar-refractivity contribution in [2.24, 2.45) is 0 Å². The minimum Gasteiger partial charge on any atom is -0.280 e. The highest BCUT2D eigenvalue weighted by atomic mass is 32.2. The first kappa shape index (κ1) is 17.0. The van der Waals surface area contributed by atoms with Crippen molar-refractivity contribution < 1.29 is 26.8 Å². The summed E-state index contributed by atoms with van der Waals surface area (Å²) in [6, 6.07) is 7.73. The van der Waals surface area contributed by atoms with E-state index in [1.165, 1.54) is 24.3 Å². The molecule has 130 valence electrons. The van der Waals surface area contributed by atoms with Crippen LogP contribution < -0.4 is 9.62 Å². The van der Waals surface area contributed by atoms with Gasteiger partial charge in [-0.3, -0.25) is 19.2 Å². The molecule has 9 heteroatoms. The molecular formula is C16H12F2N2O4S. The number of rotatable bonds is 4. The van der Waals surface area contributed by atoms with Gasteiger partial charge in [0, 0.05) is 18.9 Å². The summed E-state index contributed by atoms with van der Waals surface area (Å²) in [5, 5.41) is 0. The lowest BCUT2D eigenvalue weighted by atomic mass is 10.3. The highest BCUT2D eigenvalue weighted by Crippen LogP contribution is 2.25. The molecule has 0 aliphatic carbocycles. The number of nitrogens with zero attached hydrogens (tertiary/aromatic N) is 1. The van der Waals surface area contributed by atoms with Crippen molar-refractivity contribution in [1.29, 1.82) is 0 Å². The van der Waals surface area contributed by atoms with E-state index in [4.69, 9.17) is 0 Å². The summed E-state index contributed by atoms with van der Waals surface area (Å²) in [5.41, 5.74) is 0.146. The molecule has 6 nitrogen and oxygen atoms in total. The standard InChI is InChI=1S/C16H12F2N2O4S/c17-13-6-1-10(9-14(13)18)19-25(23,24)12-4-2-11(3-5-12)20-15(21)7-8-16(20)22/h1-6,9,19H,7-8H2. The number of sulfonamides is 1. The maximum absolute atomic E-state index is 13.2. The lowest BCUT2D eigenvalue weighted by Crippen LogP contribution is -2.28. The molecule has 3 rings (SSSR count). The summed E-state index contributed by atoms with van der Waals surface area (Å²) in [7, 11) is -4.04. The molecule has 0 aromatic heterocycles. The van der Waals surface area contributed by atoms with Crippen LogP contribution in [0.25, 0.3) is 0 Å². The molecule has 1 aliphatic rings. The van der Waals surface area contributed by atoms with Gasteiger partial charge in [-0.1, -0.05) is 0 Å². The molecule has 2 aromatic rings. The Morgan fingerprint density at radius 2 is 1.48 bits per heavy atom. The van der Waals surface area contributed by atoms with Gasteiger partial charge in [0.25, 0.3) is 10.0 Å². The molecule has 1 saturated heterocycles. The third-order valence-electron chi connectivity index (χ3n) is 3.63. The number of halogens is 2. The number of hydrogen-bond donors (Lipinski definition) is 1. The summed E-state index contributed by atoms with van der Waals surface area (Å²) in [6.45, 7) is 0. The monoisotopic (exact) mass is 366 g/mol. The second-order valence-corrected chi connectivity index (χ2v) is 7.03. The number of imide groups is 1. The van der Waals surface area contributed by atoms with Gasteiger partial charge < -0.3 is 0 Å². The minimum atomic E-state index is -4.04. The number of anilines is 2. The van der Waals surface area contributed by atoms with Gasteiger partial charge >= 0.3 is 0 Å².